The molecule has 0 atom stereocenters. The highest BCUT2D eigenvalue weighted by molar-refractivity contribution is 6.43. The first kappa shape index (κ1) is 13.7. The minimum atomic E-state index is -0.811. The Bertz CT molecular complexity index is 641. The molecule has 0 fully saturated rings. The van der Waals surface area contributed by atoms with E-state index in [4.69, 9.17) is 0 Å². The van der Waals surface area contributed by atoms with E-state index < -0.39 is 11.8 Å². The van der Waals surface area contributed by atoms with Gasteiger partial charge in [0.2, 0.25) is 5.95 Å². The lowest BCUT2D eigenvalue weighted by Gasteiger charge is -2.07. The minimum Gasteiger partial charge on any atom is -0.318 e. The highest BCUT2D eigenvalue weighted by atomic mass is 16.2. The summed E-state index contributed by atoms with van der Waals surface area (Å²) in [6, 6.07) is 7.04. The van der Waals surface area contributed by atoms with E-state index >= 15 is 0 Å². The summed E-state index contributed by atoms with van der Waals surface area (Å²) in [4.78, 5) is 31.0. The van der Waals surface area contributed by atoms with Gasteiger partial charge in [0.25, 0.3) is 0 Å². The molecule has 6 nitrogen and oxygen atoms in total. The van der Waals surface area contributed by atoms with Crippen LogP contribution in [0, 0.1) is 13.8 Å². The third kappa shape index (κ3) is 3.38. The number of nitrogens with one attached hydrogen (secondary N) is 2. The van der Waals surface area contributed by atoms with E-state index in [9.17, 15) is 9.59 Å². The van der Waals surface area contributed by atoms with Crippen molar-refractivity contribution < 1.29 is 9.59 Å². The van der Waals surface area contributed by atoms with E-state index in [1.165, 1.54) is 12.4 Å². The zero-order chi connectivity index (χ0) is 14.5. The lowest BCUT2D eigenvalue weighted by atomic mass is 10.1. The number of amides is 2. The Balaban J connectivity index is 2.01. The van der Waals surface area contributed by atoms with Crippen molar-refractivity contribution in [2.24, 2.45) is 0 Å². The monoisotopic (exact) mass is 270 g/mol. The van der Waals surface area contributed by atoms with Crippen molar-refractivity contribution in [2.45, 2.75) is 13.8 Å². The van der Waals surface area contributed by atoms with Gasteiger partial charge in [-0.2, -0.15) is 0 Å². The first-order chi connectivity index (χ1) is 9.56. The van der Waals surface area contributed by atoms with Crippen LogP contribution >= 0.6 is 0 Å². The van der Waals surface area contributed by atoms with Gasteiger partial charge in [0.05, 0.1) is 0 Å². The predicted octanol–water partition coefficient (Wildman–Crippen LogP) is 1.67. The molecule has 0 saturated carbocycles. The van der Waals surface area contributed by atoms with Gasteiger partial charge < -0.3 is 5.32 Å². The number of aryl methyl sites for hydroxylation is 2. The van der Waals surface area contributed by atoms with E-state index in [-0.39, 0.29) is 5.95 Å². The third-order valence-corrected chi connectivity index (χ3v) is 2.76. The summed E-state index contributed by atoms with van der Waals surface area (Å²) >= 11 is 0. The van der Waals surface area contributed by atoms with Crippen molar-refractivity contribution in [1.29, 1.82) is 0 Å². The summed E-state index contributed by atoms with van der Waals surface area (Å²) in [6.45, 7) is 3.91. The summed E-state index contributed by atoms with van der Waals surface area (Å²) in [5.41, 5.74) is 2.72. The van der Waals surface area contributed by atoms with Gasteiger partial charge in [-0.3, -0.25) is 14.9 Å². The zero-order valence-electron chi connectivity index (χ0n) is 11.2. The fraction of sp³-hybridized carbons (Fsp3) is 0.143. The van der Waals surface area contributed by atoms with E-state index in [0.29, 0.717) is 5.69 Å². The van der Waals surface area contributed by atoms with Crippen LogP contribution in [0.1, 0.15) is 11.1 Å². The van der Waals surface area contributed by atoms with Gasteiger partial charge in [-0.25, -0.2) is 9.97 Å². The first-order valence-corrected chi connectivity index (χ1v) is 6.03. The molecule has 2 aromatic rings. The number of hydrogen-bond donors (Lipinski definition) is 2. The molecule has 2 amide bonds. The molecule has 1 aromatic heterocycles. The number of anilines is 2. The first-order valence-electron chi connectivity index (χ1n) is 6.03. The van der Waals surface area contributed by atoms with Crippen LogP contribution in [0.25, 0.3) is 0 Å². The number of nitrogens with zero attached hydrogens (tertiary/aromatic N) is 2. The molecule has 0 unspecified atom stereocenters. The summed E-state index contributed by atoms with van der Waals surface area (Å²) in [7, 11) is 0. The zero-order valence-corrected chi connectivity index (χ0v) is 11.2. The average Bonchev–Trinajstić information content (AvgIpc) is 2.44. The molecular weight excluding hydrogens is 256 g/mol. The standard InChI is InChI=1S/C14H14N4O2/c1-9-4-5-11(8-10(9)2)17-12(19)13(20)18-14-15-6-3-7-16-14/h3-8H,1-2H3,(H,17,19)(H,15,16,18,20). The molecule has 0 aliphatic rings. The fourth-order valence-corrected chi connectivity index (χ4v) is 1.53. The Hall–Kier alpha value is -2.76. The molecule has 1 aromatic carbocycles. The lowest BCUT2D eigenvalue weighted by molar-refractivity contribution is -0.133. The Morgan fingerprint density at radius 1 is 0.950 bits per heavy atom. The molecule has 2 N–H and O–H groups in total. The molecule has 0 saturated heterocycles. The Morgan fingerprint density at radius 2 is 1.60 bits per heavy atom. The second kappa shape index (κ2) is 5.92. The molecule has 0 spiro atoms. The highest BCUT2D eigenvalue weighted by Crippen LogP contribution is 2.14. The van der Waals surface area contributed by atoms with Gasteiger partial charge in [-0.05, 0) is 43.2 Å². The molecule has 0 aliphatic carbocycles. The number of rotatable bonds is 2. The molecular formula is C14H14N4O2. The van der Waals surface area contributed by atoms with Gasteiger partial charge in [0, 0.05) is 18.1 Å². The maximum absolute atomic E-state index is 11.7. The Morgan fingerprint density at radius 3 is 2.25 bits per heavy atom. The Kier molecular flexibility index (Phi) is 4.05. The van der Waals surface area contributed by atoms with Gasteiger partial charge in [-0.15, -0.1) is 0 Å². The van der Waals surface area contributed by atoms with Gasteiger partial charge in [0.1, 0.15) is 0 Å². The maximum Gasteiger partial charge on any atom is 0.316 e. The third-order valence-electron chi connectivity index (χ3n) is 2.76. The molecule has 0 aliphatic heterocycles. The summed E-state index contributed by atoms with van der Waals surface area (Å²) in [5, 5.41) is 4.84. The minimum absolute atomic E-state index is 0.0905. The summed E-state index contributed by atoms with van der Waals surface area (Å²) in [5.74, 6) is -1.48. The topological polar surface area (TPSA) is 84.0 Å². The van der Waals surface area contributed by atoms with Crippen LogP contribution < -0.4 is 10.6 Å². The smallest absolute Gasteiger partial charge is 0.316 e. The van der Waals surface area contributed by atoms with Crippen LogP contribution in [0.2, 0.25) is 0 Å². The molecule has 0 bridgehead atoms. The molecule has 0 radical (unpaired) electrons. The van der Waals surface area contributed by atoms with E-state index in [2.05, 4.69) is 20.6 Å². The normalized spacial score (nSPS) is 9.90. The largest absolute Gasteiger partial charge is 0.318 e. The van der Waals surface area contributed by atoms with E-state index in [0.717, 1.165) is 11.1 Å². The van der Waals surface area contributed by atoms with Gasteiger partial charge in [-0.1, -0.05) is 6.07 Å². The van der Waals surface area contributed by atoms with Crippen LogP contribution in [-0.4, -0.2) is 21.8 Å². The summed E-state index contributed by atoms with van der Waals surface area (Å²) in [6.07, 6.45) is 2.95. The number of carbonyl (C=O) groups is 2. The second-order valence-corrected chi connectivity index (χ2v) is 4.28. The van der Waals surface area contributed by atoms with Gasteiger partial charge in [0.15, 0.2) is 0 Å². The molecule has 2 rings (SSSR count). The van der Waals surface area contributed by atoms with Crippen molar-refractivity contribution >= 4 is 23.5 Å². The molecule has 6 heteroatoms. The predicted molar refractivity (Wildman–Crippen MR) is 75.2 cm³/mol. The van der Waals surface area contributed by atoms with Crippen LogP contribution in [0.3, 0.4) is 0 Å². The molecule has 20 heavy (non-hydrogen) atoms. The highest BCUT2D eigenvalue weighted by Gasteiger charge is 2.15. The van der Waals surface area contributed by atoms with Crippen molar-refractivity contribution in [2.75, 3.05) is 10.6 Å². The van der Waals surface area contributed by atoms with Crippen molar-refractivity contribution in [3.8, 4) is 0 Å². The Labute approximate surface area is 116 Å². The number of hydrogen-bond acceptors (Lipinski definition) is 4. The second-order valence-electron chi connectivity index (χ2n) is 4.28. The van der Waals surface area contributed by atoms with Crippen LogP contribution in [-0.2, 0) is 9.59 Å². The number of carbonyl (C=O) groups excluding carboxylic acids is 2. The van der Waals surface area contributed by atoms with E-state index in [1.807, 2.05) is 19.9 Å². The number of aromatic nitrogens is 2. The number of benzene rings is 1. The van der Waals surface area contributed by atoms with Crippen molar-refractivity contribution in [3.63, 3.8) is 0 Å². The SMILES string of the molecule is Cc1ccc(NC(=O)C(=O)Nc2ncccn2)cc1C. The van der Waals surface area contributed by atoms with Crippen molar-refractivity contribution in [1.82, 2.24) is 9.97 Å². The quantitative estimate of drug-likeness (QED) is 0.813. The van der Waals surface area contributed by atoms with Crippen molar-refractivity contribution in [3.05, 3.63) is 47.8 Å². The summed E-state index contributed by atoms with van der Waals surface area (Å²) < 4.78 is 0. The van der Waals surface area contributed by atoms with Crippen LogP contribution in [0.5, 0.6) is 0 Å². The molecule has 102 valence electrons. The average molecular weight is 270 g/mol. The maximum atomic E-state index is 11.7. The fourth-order valence-electron chi connectivity index (χ4n) is 1.53. The van der Waals surface area contributed by atoms with E-state index in [1.54, 1.807) is 18.2 Å². The van der Waals surface area contributed by atoms with Crippen LogP contribution in [0.4, 0.5) is 11.6 Å². The molecule has 1 heterocycles. The van der Waals surface area contributed by atoms with Gasteiger partial charge >= 0.3 is 11.8 Å². The van der Waals surface area contributed by atoms with Crippen LogP contribution in [0.15, 0.2) is 36.7 Å². The lowest BCUT2D eigenvalue weighted by Crippen LogP contribution is -2.29.